The Hall–Kier alpha value is -3.49. The molecule has 0 N–H and O–H groups in total. The number of fused-ring (bicyclic) bond motifs is 1. The molecule has 4 aromatic rings. The summed E-state index contributed by atoms with van der Waals surface area (Å²) < 4.78 is 7.63. The van der Waals surface area contributed by atoms with E-state index in [0.717, 1.165) is 56.3 Å². The van der Waals surface area contributed by atoms with E-state index in [-0.39, 0.29) is 0 Å². The van der Waals surface area contributed by atoms with Crippen LogP contribution in [0.2, 0.25) is 0 Å². The van der Waals surface area contributed by atoms with E-state index in [2.05, 4.69) is 51.1 Å². The molecular formula is C31H37N7O. The summed E-state index contributed by atoms with van der Waals surface area (Å²) in [6.45, 7) is 7.24. The fourth-order valence-corrected chi connectivity index (χ4v) is 6.47. The van der Waals surface area contributed by atoms with Gasteiger partial charge in [0.15, 0.2) is 11.4 Å². The van der Waals surface area contributed by atoms with E-state index in [1.165, 1.54) is 56.3 Å². The Bertz CT molecular complexity index is 1410. The van der Waals surface area contributed by atoms with Crippen LogP contribution in [0.15, 0.2) is 65.4 Å². The number of furan rings is 1. The lowest BCUT2D eigenvalue weighted by molar-refractivity contribution is 0.141. The molecular weight excluding hydrogens is 486 g/mol. The van der Waals surface area contributed by atoms with Gasteiger partial charge in [0.05, 0.1) is 6.26 Å². The number of piperidine rings is 2. The molecule has 0 atom stereocenters. The lowest BCUT2D eigenvalue weighted by atomic mass is 9.99. The highest BCUT2D eigenvalue weighted by atomic mass is 16.3. The zero-order valence-corrected chi connectivity index (χ0v) is 22.6. The van der Waals surface area contributed by atoms with Crippen LogP contribution in [-0.4, -0.2) is 74.7 Å². The van der Waals surface area contributed by atoms with Gasteiger partial charge >= 0.3 is 0 Å². The molecule has 6 heterocycles. The fraction of sp³-hybridized carbons (Fsp3) is 0.452. The second-order valence-electron chi connectivity index (χ2n) is 11.1. The minimum absolute atomic E-state index is 0.614. The summed E-state index contributed by atoms with van der Waals surface area (Å²) in [5, 5.41) is 4.91. The van der Waals surface area contributed by atoms with E-state index >= 15 is 0 Å². The maximum Gasteiger partial charge on any atom is 0.228 e. The summed E-state index contributed by atoms with van der Waals surface area (Å²) in [4.78, 5) is 17.5. The third-order valence-electron chi connectivity index (χ3n) is 8.65. The number of rotatable bonds is 6. The molecule has 2 fully saturated rings. The quantitative estimate of drug-likeness (QED) is 0.347. The van der Waals surface area contributed by atoms with Crippen molar-refractivity contribution in [2.24, 2.45) is 0 Å². The monoisotopic (exact) mass is 523 g/mol. The van der Waals surface area contributed by atoms with Gasteiger partial charge < -0.3 is 14.2 Å². The molecule has 3 aliphatic heterocycles. The Kier molecular flexibility index (Phi) is 6.89. The first-order chi connectivity index (χ1) is 19.3. The first-order valence-corrected chi connectivity index (χ1v) is 14.6. The summed E-state index contributed by atoms with van der Waals surface area (Å²) in [6.07, 6.45) is 13.5. The van der Waals surface area contributed by atoms with Gasteiger partial charge in [-0.25, -0.2) is 9.97 Å². The minimum Gasteiger partial charge on any atom is -0.461 e. The van der Waals surface area contributed by atoms with E-state index in [4.69, 9.17) is 19.5 Å². The number of anilines is 1. The van der Waals surface area contributed by atoms with Crippen LogP contribution in [-0.2, 0) is 6.54 Å². The van der Waals surface area contributed by atoms with Crippen LogP contribution in [0.3, 0.4) is 0 Å². The van der Waals surface area contributed by atoms with E-state index in [0.29, 0.717) is 17.6 Å². The Labute approximate surface area is 229 Å². The van der Waals surface area contributed by atoms with Crippen molar-refractivity contribution in [3.63, 3.8) is 0 Å². The SMILES string of the molecule is C1=C(c2ccccc2)CCN(Cc2cnc(N3CCC(N4CCCCC4)CC3)n3nc(-c4ccco4)nc23)C1. The predicted octanol–water partition coefficient (Wildman–Crippen LogP) is 5.13. The number of likely N-dealkylation sites (tertiary alicyclic amines) is 1. The van der Waals surface area contributed by atoms with Gasteiger partial charge in [-0.3, -0.25) is 4.90 Å². The molecule has 1 aromatic carbocycles. The average molecular weight is 524 g/mol. The summed E-state index contributed by atoms with van der Waals surface area (Å²) in [5.41, 5.74) is 4.74. The average Bonchev–Trinajstić information content (AvgIpc) is 3.70. The van der Waals surface area contributed by atoms with Crippen LogP contribution in [0, 0.1) is 0 Å². The van der Waals surface area contributed by atoms with Crippen molar-refractivity contribution < 1.29 is 4.42 Å². The second kappa shape index (κ2) is 10.9. The largest absolute Gasteiger partial charge is 0.461 e. The molecule has 3 aromatic heterocycles. The zero-order valence-electron chi connectivity index (χ0n) is 22.6. The number of hydrogen-bond donors (Lipinski definition) is 0. The molecule has 0 amide bonds. The van der Waals surface area contributed by atoms with E-state index in [1.54, 1.807) is 6.26 Å². The van der Waals surface area contributed by atoms with Gasteiger partial charge in [-0.2, -0.15) is 4.52 Å². The molecule has 0 aliphatic carbocycles. The molecule has 0 bridgehead atoms. The Morgan fingerprint density at radius 1 is 0.897 bits per heavy atom. The molecule has 0 spiro atoms. The topological polar surface area (TPSA) is 65.9 Å². The lowest BCUT2D eigenvalue weighted by Gasteiger charge is -2.40. The van der Waals surface area contributed by atoms with Gasteiger partial charge in [0.2, 0.25) is 11.8 Å². The zero-order chi connectivity index (χ0) is 26.0. The number of hydrogen-bond acceptors (Lipinski definition) is 7. The van der Waals surface area contributed by atoms with Gasteiger partial charge in [-0.1, -0.05) is 42.8 Å². The number of aromatic nitrogens is 4. The third-order valence-corrected chi connectivity index (χ3v) is 8.65. The Balaban J connectivity index is 1.13. The maximum atomic E-state index is 5.66. The molecule has 3 aliphatic rings. The highest BCUT2D eigenvalue weighted by Gasteiger charge is 2.28. The first kappa shape index (κ1) is 24.5. The van der Waals surface area contributed by atoms with Crippen molar-refractivity contribution in [2.75, 3.05) is 44.2 Å². The van der Waals surface area contributed by atoms with Crippen molar-refractivity contribution in [3.05, 3.63) is 72.1 Å². The molecule has 8 nitrogen and oxygen atoms in total. The maximum absolute atomic E-state index is 5.66. The van der Waals surface area contributed by atoms with Crippen molar-refractivity contribution in [3.8, 4) is 11.6 Å². The summed E-state index contributed by atoms with van der Waals surface area (Å²) in [6, 6.07) is 15.2. The van der Waals surface area contributed by atoms with Crippen LogP contribution in [0.4, 0.5) is 5.95 Å². The second-order valence-corrected chi connectivity index (χ2v) is 11.1. The normalized spacial score (nSPS) is 20.0. The fourth-order valence-electron chi connectivity index (χ4n) is 6.47. The van der Waals surface area contributed by atoms with Gasteiger partial charge in [-0.15, -0.1) is 5.10 Å². The van der Waals surface area contributed by atoms with E-state index < -0.39 is 0 Å². The number of nitrogens with zero attached hydrogens (tertiary/aromatic N) is 7. The molecule has 2 saturated heterocycles. The molecule has 8 heteroatoms. The molecule has 7 rings (SSSR count). The molecule has 39 heavy (non-hydrogen) atoms. The van der Waals surface area contributed by atoms with Gasteiger partial charge in [0, 0.05) is 50.5 Å². The first-order valence-electron chi connectivity index (χ1n) is 14.6. The van der Waals surface area contributed by atoms with Gasteiger partial charge in [0.25, 0.3) is 0 Å². The van der Waals surface area contributed by atoms with Crippen LogP contribution < -0.4 is 4.90 Å². The predicted molar refractivity (Wildman–Crippen MR) is 153 cm³/mol. The summed E-state index contributed by atoms with van der Waals surface area (Å²) >= 11 is 0. The lowest BCUT2D eigenvalue weighted by Crippen LogP contribution is -2.47. The standard InChI is InChI=1S/C31H37N7O/c1-3-8-24(9-4-1)25-11-17-35(18-12-25)23-26-22-32-31(38-30(26)33-29(34-38)28-10-7-21-39-28)37-19-13-27(14-20-37)36-15-5-2-6-16-36/h1,3-4,7-11,21-22,27H,2,5-6,12-20,23H2. The van der Waals surface area contributed by atoms with Crippen LogP contribution in [0.5, 0.6) is 0 Å². The smallest absolute Gasteiger partial charge is 0.228 e. The highest BCUT2D eigenvalue weighted by molar-refractivity contribution is 5.66. The van der Waals surface area contributed by atoms with Gasteiger partial charge in [-0.05, 0) is 68.5 Å². The Morgan fingerprint density at radius 3 is 2.49 bits per heavy atom. The van der Waals surface area contributed by atoms with Crippen molar-refractivity contribution >= 4 is 17.2 Å². The molecule has 0 unspecified atom stereocenters. The summed E-state index contributed by atoms with van der Waals surface area (Å²) in [5.74, 6) is 2.19. The number of benzene rings is 1. The van der Waals surface area contributed by atoms with Crippen molar-refractivity contribution in [1.29, 1.82) is 0 Å². The molecule has 202 valence electrons. The third kappa shape index (κ3) is 5.11. The van der Waals surface area contributed by atoms with Gasteiger partial charge in [0.1, 0.15) is 0 Å². The van der Waals surface area contributed by atoms with Crippen molar-refractivity contribution in [2.45, 2.75) is 51.1 Å². The minimum atomic E-state index is 0.614. The summed E-state index contributed by atoms with van der Waals surface area (Å²) in [7, 11) is 0. The van der Waals surface area contributed by atoms with E-state index in [1.807, 2.05) is 22.8 Å². The van der Waals surface area contributed by atoms with Crippen LogP contribution in [0.25, 0.3) is 22.8 Å². The Morgan fingerprint density at radius 2 is 1.74 bits per heavy atom. The molecule has 0 saturated carbocycles. The molecule has 0 radical (unpaired) electrons. The van der Waals surface area contributed by atoms with Crippen molar-refractivity contribution in [1.82, 2.24) is 29.4 Å². The van der Waals surface area contributed by atoms with Crippen LogP contribution >= 0.6 is 0 Å². The highest BCUT2D eigenvalue weighted by Crippen LogP contribution is 2.28. The van der Waals surface area contributed by atoms with Crippen LogP contribution in [0.1, 0.15) is 49.7 Å². The van der Waals surface area contributed by atoms with E-state index in [9.17, 15) is 0 Å².